The highest BCUT2D eigenvalue weighted by atomic mass is 32.2. The van der Waals surface area contributed by atoms with E-state index >= 15 is 0 Å². The third-order valence-corrected chi connectivity index (χ3v) is 7.65. The quantitative estimate of drug-likeness (QED) is 0.422. The molecule has 2 heterocycles. The van der Waals surface area contributed by atoms with Gasteiger partial charge in [-0.15, -0.1) is 0 Å². The lowest BCUT2D eigenvalue weighted by molar-refractivity contribution is 0.514. The lowest BCUT2D eigenvalue weighted by atomic mass is 9.85. The molecule has 0 saturated carbocycles. The molecule has 0 amide bonds. The lowest BCUT2D eigenvalue weighted by Crippen LogP contribution is -2.29. The van der Waals surface area contributed by atoms with Crippen LogP contribution in [0.5, 0.6) is 0 Å². The number of nitrogens with one attached hydrogen (secondary N) is 1. The molecule has 0 radical (unpaired) electrons. The molecule has 1 aliphatic carbocycles. The Morgan fingerprint density at radius 1 is 1.24 bits per heavy atom. The first kappa shape index (κ1) is 22.3. The van der Waals surface area contributed by atoms with Crippen LogP contribution in [0.3, 0.4) is 0 Å². The van der Waals surface area contributed by atoms with E-state index < -0.39 is 21.7 Å². The molecular weight excluding hydrogens is 459 g/mol. The summed E-state index contributed by atoms with van der Waals surface area (Å²) < 4.78 is 48.4. The van der Waals surface area contributed by atoms with E-state index in [1.54, 1.807) is 13.0 Å². The van der Waals surface area contributed by atoms with Gasteiger partial charge < -0.3 is 10.2 Å². The largest absolute Gasteiger partial charge is 0.420 e. The number of oxazole rings is 1. The van der Waals surface area contributed by atoms with E-state index in [-0.39, 0.29) is 22.3 Å². The van der Waals surface area contributed by atoms with Crippen molar-refractivity contribution >= 4 is 26.9 Å². The average molecular weight is 483 g/mol. The van der Waals surface area contributed by atoms with Crippen LogP contribution in [-0.2, 0) is 29.4 Å². The molecular formula is C24H23FN4O4S. The van der Waals surface area contributed by atoms with Gasteiger partial charge in [0, 0.05) is 12.1 Å². The zero-order chi connectivity index (χ0) is 24.0. The predicted octanol–water partition coefficient (Wildman–Crippen LogP) is 3.10. The molecule has 0 bridgehead atoms. The molecule has 2 aromatic carbocycles. The van der Waals surface area contributed by atoms with Gasteiger partial charge in [0.15, 0.2) is 5.58 Å². The van der Waals surface area contributed by atoms with Crippen LogP contribution in [0.1, 0.15) is 28.7 Å². The summed E-state index contributed by atoms with van der Waals surface area (Å²) in [5, 5.41) is 0. The molecule has 1 atom stereocenters. The van der Waals surface area contributed by atoms with Crippen LogP contribution < -0.4 is 16.2 Å². The summed E-state index contributed by atoms with van der Waals surface area (Å²) in [5.74, 6) is -1.54. The molecule has 0 aliphatic heterocycles. The van der Waals surface area contributed by atoms with Crippen LogP contribution in [0.25, 0.3) is 11.1 Å². The molecule has 5 rings (SSSR count). The highest BCUT2D eigenvalue weighted by molar-refractivity contribution is 7.92. The predicted molar refractivity (Wildman–Crippen MR) is 126 cm³/mol. The van der Waals surface area contributed by atoms with Crippen molar-refractivity contribution in [2.45, 2.75) is 43.7 Å². The Balaban J connectivity index is 1.53. The van der Waals surface area contributed by atoms with Gasteiger partial charge in [0.2, 0.25) is 5.95 Å². The number of pyridine rings is 1. The summed E-state index contributed by atoms with van der Waals surface area (Å²) in [6.45, 7) is 1.91. The number of hydrogen-bond acceptors (Lipinski definition) is 6. The second kappa shape index (κ2) is 8.37. The molecule has 1 unspecified atom stereocenters. The summed E-state index contributed by atoms with van der Waals surface area (Å²) in [6.07, 6.45) is 2.58. The van der Waals surface area contributed by atoms with Crippen molar-refractivity contribution in [2.24, 2.45) is 5.73 Å². The zero-order valence-corrected chi connectivity index (χ0v) is 19.2. The smallest absolute Gasteiger partial charge is 0.408 e. The van der Waals surface area contributed by atoms with Gasteiger partial charge >= 0.3 is 5.76 Å². The normalized spacial score (nSPS) is 15.9. The molecule has 10 heteroatoms. The monoisotopic (exact) mass is 482 g/mol. The summed E-state index contributed by atoms with van der Waals surface area (Å²) in [7, 11) is -4.10. The van der Waals surface area contributed by atoms with E-state index in [0.29, 0.717) is 17.6 Å². The van der Waals surface area contributed by atoms with Crippen molar-refractivity contribution in [3.63, 3.8) is 0 Å². The van der Waals surface area contributed by atoms with Gasteiger partial charge in [-0.3, -0.25) is 9.29 Å². The van der Waals surface area contributed by atoms with Crippen LogP contribution in [0.4, 0.5) is 10.2 Å². The Bertz CT molecular complexity index is 1580. The zero-order valence-electron chi connectivity index (χ0n) is 18.4. The van der Waals surface area contributed by atoms with Crippen molar-refractivity contribution < 1.29 is 17.2 Å². The lowest BCUT2D eigenvalue weighted by Gasteiger charge is -2.24. The van der Waals surface area contributed by atoms with Crippen LogP contribution >= 0.6 is 0 Å². The molecule has 0 saturated heterocycles. The third-order valence-electron chi connectivity index (χ3n) is 6.16. The van der Waals surface area contributed by atoms with Crippen molar-refractivity contribution in [3.8, 4) is 0 Å². The van der Waals surface area contributed by atoms with Crippen LogP contribution in [0.15, 0.2) is 62.6 Å². The van der Waals surface area contributed by atoms with Gasteiger partial charge in [-0.25, -0.2) is 18.2 Å². The minimum Gasteiger partial charge on any atom is -0.408 e. The molecule has 8 nitrogen and oxygen atoms in total. The van der Waals surface area contributed by atoms with Gasteiger partial charge in [-0.2, -0.15) is 4.39 Å². The van der Waals surface area contributed by atoms with Crippen LogP contribution in [0.2, 0.25) is 0 Å². The van der Waals surface area contributed by atoms with Gasteiger partial charge in [0.1, 0.15) is 5.82 Å². The maximum absolute atomic E-state index is 13.4. The average Bonchev–Trinajstić information content (AvgIpc) is 3.07. The summed E-state index contributed by atoms with van der Waals surface area (Å²) in [6, 6.07) is 12.8. The number of nitrogens with two attached hydrogens (primary N) is 1. The van der Waals surface area contributed by atoms with Crippen LogP contribution in [-0.4, -0.2) is 24.0 Å². The Kier molecular flexibility index (Phi) is 5.49. The number of benzene rings is 2. The van der Waals surface area contributed by atoms with Gasteiger partial charge in [0.05, 0.1) is 17.0 Å². The standard InChI is InChI=1S/C24H23FN4O4S/c1-14-10-19-20(12-21(14)34(31,32)28-23-7-3-6-22(25)27-23)33-24(30)29(19)13-16-5-2-4-15-8-9-17(26)11-18(15)16/h2-7,10,12,17H,8-9,11,13,26H2,1H3,(H,27,28). The van der Waals surface area contributed by atoms with E-state index in [2.05, 4.69) is 15.8 Å². The molecule has 2 aromatic heterocycles. The van der Waals surface area contributed by atoms with E-state index in [4.69, 9.17) is 10.2 Å². The second-order valence-electron chi connectivity index (χ2n) is 8.55. The Hall–Kier alpha value is -3.50. The van der Waals surface area contributed by atoms with Crippen molar-refractivity contribution in [1.82, 2.24) is 9.55 Å². The topological polar surface area (TPSA) is 120 Å². The van der Waals surface area contributed by atoms with Crippen molar-refractivity contribution in [2.75, 3.05) is 4.72 Å². The number of aromatic nitrogens is 2. The fraction of sp³-hybridized carbons (Fsp3) is 0.250. The number of aryl methyl sites for hydroxylation is 2. The van der Waals surface area contributed by atoms with E-state index in [1.165, 1.54) is 28.3 Å². The number of rotatable bonds is 5. The second-order valence-corrected chi connectivity index (χ2v) is 10.2. The molecule has 34 heavy (non-hydrogen) atoms. The van der Waals surface area contributed by atoms with Crippen molar-refractivity contribution in [1.29, 1.82) is 0 Å². The molecule has 176 valence electrons. The molecule has 0 spiro atoms. The molecule has 1 aliphatic rings. The molecule has 4 aromatic rings. The summed E-state index contributed by atoms with van der Waals surface area (Å²) >= 11 is 0. The minimum absolute atomic E-state index is 0.0848. The molecule has 0 fully saturated rings. The fourth-order valence-corrected chi connectivity index (χ4v) is 5.74. The van der Waals surface area contributed by atoms with Gasteiger partial charge in [0.25, 0.3) is 10.0 Å². The van der Waals surface area contributed by atoms with Crippen molar-refractivity contribution in [3.05, 3.63) is 87.3 Å². The number of nitrogens with zero attached hydrogens (tertiary/aromatic N) is 2. The van der Waals surface area contributed by atoms with E-state index in [0.717, 1.165) is 36.5 Å². The van der Waals surface area contributed by atoms with E-state index in [9.17, 15) is 17.6 Å². The summed E-state index contributed by atoms with van der Waals surface area (Å²) in [4.78, 5) is 16.2. The van der Waals surface area contributed by atoms with Crippen LogP contribution in [0, 0.1) is 12.9 Å². The Labute approximate surface area is 195 Å². The van der Waals surface area contributed by atoms with E-state index in [1.807, 2.05) is 12.1 Å². The maximum atomic E-state index is 13.4. The highest BCUT2D eigenvalue weighted by Gasteiger charge is 2.23. The fourth-order valence-electron chi connectivity index (χ4n) is 4.50. The first-order valence-corrected chi connectivity index (χ1v) is 12.3. The SMILES string of the molecule is Cc1cc2c(cc1S(=O)(=O)Nc1cccc(F)n1)oc(=O)n2Cc1cccc2c1CC(N)CC2. The Morgan fingerprint density at radius 2 is 2.03 bits per heavy atom. The summed E-state index contributed by atoms with van der Waals surface area (Å²) in [5.41, 5.74) is 10.6. The number of hydrogen-bond donors (Lipinski definition) is 2. The first-order valence-electron chi connectivity index (χ1n) is 10.9. The van der Waals surface area contributed by atoms with Gasteiger partial charge in [-0.1, -0.05) is 24.3 Å². The first-order chi connectivity index (χ1) is 16.2. The Morgan fingerprint density at radius 3 is 2.82 bits per heavy atom. The third kappa shape index (κ3) is 4.10. The number of anilines is 1. The number of halogens is 1. The number of fused-ring (bicyclic) bond motifs is 2. The maximum Gasteiger partial charge on any atom is 0.420 e. The molecule has 3 N–H and O–H groups in total. The minimum atomic E-state index is -4.10. The van der Waals surface area contributed by atoms with Gasteiger partial charge in [-0.05, 0) is 66.6 Å². The highest BCUT2D eigenvalue weighted by Crippen LogP contribution is 2.28. The number of sulfonamides is 1.